The number of hydrogen-bond acceptors (Lipinski definition) is 6. The Morgan fingerprint density at radius 2 is 1.79 bits per heavy atom. The van der Waals surface area contributed by atoms with E-state index < -0.39 is 0 Å². The van der Waals surface area contributed by atoms with E-state index in [0.29, 0.717) is 42.9 Å². The van der Waals surface area contributed by atoms with E-state index in [9.17, 15) is 9.59 Å². The van der Waals surface area contributed by atoms with Crippen LogP contribution in [0.25, 0.3) is 0 Å². The first kappa shape index (κ1) is 26.1. The summed E-state index contributed by atoms with van der Waals surface area (Å²) >= 11 is 1.83. The third-order valence-electron chi connectivity index (χ3n) is 9.16. The molecule has 38 heavy (non-hydrogen) atoms. The molecular formula is C30H42N4O3S. The largest absolute Gasteiger partial charge is 0.372 e. The van der Waals surface area contributed by atoms with Gasteiger partial charge in [0, 0.05) is 60.8 Å². The molecule has 7 nitrogen and oxygen atoms in total. The Hall–Kier alpha value is -2.16. The first-order valence-electron chi connectivity index (χ1n) is 14.6. The molecule has 0 spiro atoms. The molecule has 2 aromatic heterocycles. The van der Waals surface area contributed by atoms with Gasteiger partial charge in [-0.1, -0.05) is 0 Å². The molecule has 0 radical (unpaired) electrons. The molecule has 0 atom stereocenters. The van der Waals surface area contributed by atoms with E-state index in [1.54, 1.807) is 0 Å². The fourth-order valence-corrected chi connectivity index (χ4v) is 8.26. The third-order valence-corrected chi connectivity index (χ3v) is 10.5. The number of ether oxygens (including phenoxy) is 1. The van der Waals surface area contributed by atoms with Crippen molar-refractivity contribution in [3.05, 3.63) is 49.2 Å². The number of fused-ring (bicyclic) bond motifs is 1. The van der Waals surface area contributed by atoms with Gasteiger partial charge in [0.25, 0.3) is 11.5 Å². The second-order valence-electron chi connectivity index (χ2n) is 11.9. The van der Waals surface area contributed by atoms with Crippen LogP contribution < -0.4 is 10.5 Å². The van der Waals surface area contributed by atoms with E-state index in [4.69, 9.17) is 4.74 Å². The molecule has 206 valence electrons. The molecule has 3 fully saturated rings. The van der Waals surface area contributed by atoms with Gasteiger partial charge in [-0.2, -0.15) is 0 Å². The first-order valence-corrected chi connectivity index (χ1v) is 15.4. The lowest BCUT2D eigenvalue weighted by molar-refractivity contribution is -0.0845. The zero-order valence-electron chi connectivity index (χ0n) is 23.3. The molecule has 2 aliphatic carbocycles. The van der Waals surface area contributed by atoms with Gasteiger partial charge in [-0.3, -0.25) is 14.5 Å². The number of likely N-dealkylation sites (tertiary alicyclic amines) is 1. The molecule has 2 aromatic rings. The highest BCUT2D eigenvalue weighted by molar-refractivity contribution is 7.16. The highest BCUT2D eigenvalue weighted by Crippen LogP contribution is 2.42. The number of rotatable bonds is 8. The van der Waals surface area contributed by atoms with E-state index in [1.807, 2.05) is 36.2 Å². The molecule has 6 rings (SSSR count). The van der Waals surface area contributed by atoms with E-state index in [2.05, 4.69) is 28.6 Å². The van der Waals surface area contributed by atoms with Gasteiger partial charge >= 0.3 is 0 Å². The van der Waals surface area contributed by atoms with Crippen molar-refractivity contribution in [1.82, 2.24) is 14.8 Å². The van der Waals surface area contributed by atoms with Crippen LogP contribution in [0.2, 0.25) is 0 Å². The standard InChI is InChI=1S/C30H42N4O3S/c1-5-34(22-8-6-21(7-9-22)33-15-24(16-33)37-23-10-11-23)30-20(4)27-26(38-30)12-13-32(29(27)36)17-25-18(2)14-19(3)31-28(25)35/h14,21-24H,5-13,15-17H2,1-4H3,(H,31,35)/t21-,22-. The monoisotopic (exact) mass is 538 g/mol. The molecule has 1 saturated heterocycles. The third kappa shape index (κ3) is 4.95. The molecule has 4 aliphatic rings. The van der Waals surface area contributed by atoms with E-state index in [1.165, 1.54) is 48.4 Å². The Morgan fingerprint density at radius 3 is 2.45 bits per heavy atom. The summed E-state index contributed by atoms with van der Waals surface area (Å²) in [7, 11) is 0. The summed E-state index contributed by atoms with van der Waals surface area (Å²) in [6, 6.07) is 3.22. The fraction of sp³-hybridized carbons (Fsp3) is 0.667. The lowest BCUT2D eigenvalue weighted by Gasteiger charge is -2.47. The number of pyridine rings is 1. The number of anilines is 1. The Kier molecular flexibility index (Phi) is 7.16. The van der Waals surface area contributed by atoms with Crippen LogP contribution in [0.5, 0.6) is 0 Å². The Labute approximate surface area is 230 Å². The zero-order valence-corrected chi connectivity index (χ0v) is 24.2. The van der Waals surface area contributed by atoms with Crippen molar-refractivity contribution in [3.63, 3.8) is 0 Å². The number of carbonyl (C=O) groups is 1. The number of hydrogen-bond donors (Lipinski definition) is 1. The van der Waals surface area contributed by atoms with Crippen molar-refractivity contribution in [2.45, 2.75) is 103 Å². The zero-order chi connectivity index (χ0) is 26.6. The Balaban J connectivity index is 1.12. The number of amides is 1. The topological polar surface area (TPSA) is 68.9 Å². The van der Waals surface area contributed by atoms with Crippen molar-refractivity contribution >= 4 is 22.2 Å². The molecule has 0 bridgehead atoms. The predicted molar refractivity (Wildman–Crippen MR) is 153 cm³/mol. The van der Waals surface area contributed by atoms with Crippen molar-refractivity contribution in [2.75, 3.05) is 31.1 Å². The molecule has 8 heteroatoms. The number of nitrogens with zero attached hydrogens (tertiary/aromatic N) is 3. The van der Waals surface area contributed by atoms with Crippen molar-refractivity contribution in [2.24, 2.45) is 0 Å². The minimum atomic E-state index is -0.0826. The van der Waals surface area contributed by atoms with Crippen molar-refractivity contribution in [1.29, 1.82) is 0 Å². The number of aromatic nitrogens is 1. The first-order chi connectivity index (χ1) is 18.3. The van der Waals surface area contributed by atoms with Gasteiger partial charge in [0.1, 0.15) is 0 Å². The Morgan fingerprint density at radius 1 is 1.05 bits per heavy atom. The SMILES string of the molecule is CCN(c1sc2c(c1C)C(=O)N(Cc1c(C)cc(C)[nH]c1=O)CC2)[C@H]1CC[C@H](N2CC(OC3CC3)C2)CC1. The highest BCUT2D eigenvalue weighted by Gasteiger charge is 2.39. The van der Waals surface area contributed by atoms with E-state index in [0.717, 1.165) is 48.4 Å². The van der Waals surface area contributed by atoms with Crippen LogP contribution in [-0.4, -0.2) is 71.2 Å². The maximum absolute atomic E-state index is 13.7. The summed E-state index contributed by atoms with van der Waals surface area (Å²) in [5.74, 6) is 0.0751. The molecule has 0 aromatic carbocycles. The number of carbonyl (C=O) groups excluding carboxylic acids is 1. The van der Waals surface area contributed by atoms with Crippen molar-refractivity contribution in [3.8, 4) is 0 Å². The summed E-state index contributed by atoms with van der Waals surface area (Å²) in [4.78, 5) is 37.5. The van der Waals surface area contributed by atoms with Crippen LogP contribution in [0.3, 0.4) is 0 Å². The van der Waals surface area contributed by atoms with Crippen LogP contribution in [0.15, 0.2) is 10.9 Å². The van der Waals surface area contributed by atoms with Crippen LogP contribution in [0.4, 0.5) is 5.00 Å². The Bertz CT molecular complexity index is 1250. The molecule has 0 unspecified atom stereocenters. The lowest BCUT2D eigenvalue weighted by Crippen LogP contribution is -2.58. The minimum absolute atomic E-state index is 0.0751. The summed E-state index contributed by atoms with van der Waals surface area (Å²) in [5, 5.41) is 1.28. The van der Waals surface area contributed by atoms with E-state index in [-0.39, 0.29) is 11.5 Å². The number of H-pyrrole nitrogens is 1. The summed E-state index contributed by atoms with van der Waals surface area (Å²) in [6.45, 7) is 12.5. The van der Waals surface area contributed by atoms with Crippen LogP contribution in [-0.2, 0) is 17.7 Å². The quantitative estimate of drug-likeness (QED) is 0.534. The molecule has 2 aliphatic heterocycles. The molecule has 1 N–H and O–H groups in total. The average Bonchev–Trinajstić information content (AvgIpc) is 3.63. The maximum Gasteiger partial charge on any atom is 0.255 e. The van der Waals surface area contributed by atoms with Gasteiger partial charge in [-0.05, 0) is 83.4 Å². The number of nitrogens with one attached hydrogen (secondary N) is 1. The second-order valence-corrected chi connectivity index (χ2v) is 13.0. The minimum Gasteiger partial charge on any atom is -0.372 e. The van der Waals surface area contributed by atoms with Gasteiger partial charge < -0.3 is 19.5 Å². The fourth-order valence-electron chi connectivity index (χ4n) is 6.84. The van der Waals surface area contributed by atoms with Gasteiger partial charge in [0.2, 0.25) is 0 Å². The maximum atomic E-state index is 13.7. The average molecular weight is 539 g/mol. The van der Waals surface area contributed by atoms with Gasteiger partial charge in [-0.25, -0.2) is 0 Å². The van der Waals surface area contributed by atoms with Gasteiger partial charge in [-0.15, -0.1) is 11.3 Å². The second kappa shape index (κ2) is 10.4. The predicted octanol–water partition coefficient (Wildman–Crippen LogP) is 4.56. The number of aryl methyl sites for hydroxylation is 2. The van der Waals surface area contributed by atoms with E-state index >= 15 is 0 Å². The highest BCUT2D eigenvalue weighted by atomic mass is 32.1. The number of thiophene rings is 1. The van der Waals surface area contributed by atoms with Crippen LogP contribution in [0.1, 0.15) is 83.1 Å². The summed E-state index contributed by atoms with van der Waals surface area (Å²) in [5.41, 5.74) is 4.42. The summed E-state index contributed by atoms with van der Waals surface area (Å²) in [6.07, 6.45) is 9.32. The smallest absolute Gasteiger partial charge is 0.255 e. The molecule has 1 amide bonds. The van der Waals surface area contributed by atoms with Gasteiger partial charge in [0.15, 0.2) is 0 Å². The number of aromatic amines is 1. The molecule has 4 heterocycles. The van der Waals surface area contributed by atoms with Crippen LogP contribution >= 0.6 is 11.3 Å². The molecular weight excluding hydrogens is 496 g/mol. The normalized spacial score (nSPS) is 24.4. The molecule has 2 saturated carbocycles. The lowest BCUT2D eigenvalue weighted by atomic mass is 9.87. The van der Waals surface area contributed by atoms with Crippen LogP contribution in [0, 0.1) is 20.8 Å². The van der Waals surface area contributed by atoms with Crippen molar-refractivity contribution < 1.29 is 9.53 Å². The van der Waals surface area contributed by atoms with Gasteiger partial charge in [0.05, 0.1) is 29.3 Å². The summed E-state index contributed by atoms with van der Waals surface area (Å²) < 4.78 is 6.08.